The summed E-state index contributed by atoms with van der Waals surface area (Å²) in [4.78, 5) is 12.4. The van der Waals surface area contributed by atoms with Crippen LogP contribution in [0.25, 0.3) is 0 Å². The van der Waals surface area contributed by atoms with E-state index in [1.165, 1.54) is 13.0 Å². The summed E-state index contributed by atoms with van der Waals surface area (Å²) < 4.78 is 60.4. The van der Waals surface area contributed by atoms with Gasteiger partial charge in [0.1, 0.15) is 6.61 Å². The van der Waals surface area contributed by atoms with Gasteiger partial charge in [-0.05, 0) is 30.2 Å². The second kappa shape index (κ2) is 7.89. The highest BCUT2D eigenvalue weighted by atomic mass is 32.2. The zero-order valence-electron chi connectivity index (χ0n) is 14.8. The zero-order valence-corrected chi connectivity index (χ0v) is 15.6. The van der Waals surface area contributed by atoms with Crippen molar-refractivity contribution in [3.8, 4) is 0 Å². The Bertz CT molecular complexity index is 1070. The first-order valence-corrected chi connectivity index (χ1v) is 9.61. The molecule has 0 aliphatic carbocycles. The Kier molecular flexibility index (Phi) is 5.55. The Morgan fingerprint density at radius 2 is 1.79 bits per heavy atom. The van der Waals surface area contributed by atoms with Crippen LogP contribution in [0.15, 0.2) is 64.7 Å². The summed E-state index contributed by atoms with van der Waals surface area (Å²) >= 11 is 0. The summed E-state index contributed by atoms with van der Waals surface area (Å²) in [5.74, 6) is -2.88. The van der Waals surface area contributed by atoms with Crippen molar-refractivity contribution >= 4 is 21.9 Å². The van der Waals surface area contributed by atoms with Gasteiger partial charge in [0.25, 0.3) is 0 Å². The average molecular weight is 406 g/mol. The number of carbonyl (C=O) groups is 1. The third-order valence-electron chi connectivity index (χ3n) is 3.97. The van der Waals surface area contributed by atoms with E-state index in [1.807, 2.05) is 0 Å². The van der Waals surface area contributed by atoms with Crippen molar-refractivity contribution in [3.05, 3.63) is 83.1 Å². The van der Waals surface area contributed by atoms with Gasteiger partial charge in [-0.15, -0.1) is 4.40 Å². The molecular weight excluding hydrogens is 390 g/mol. The molecule has 3 rings (SSSR count). The van der Waals surface area contributed by atoms with Crippen molar-refractivity contribution < 1.29 is 26.7 Å². The van der Waals surface area contributed by atoms with Crippen LogP contribution in [0, 0.1) is 11.6 Å². The number of hydrogen-bond donors (Lipinski definition) is 0. The first-order valence-electron chi connectivity index (χ1n) is 8.22. The predicted octanol–water partition coefficient (Wildman–Crippen LogP) is 3.11. The highest BCUT2D eigenvalue weighted by Crippen LogP contribution is 2.21. The van der Waals surface area contributed by atoms with Gasteiger partial charge in [0.15, 0.2) is 11.6 Å². The molecule has 0 saturated carbocycles. The Balaban J connectivity index is 1.77. The normalized spacial score (nSPS) is 15.6. The minimum absolute atomic E-state index is 0.0000926. The van der Waals surface area contributed by atoms with Crippen molar-refractivity contribution in [2.24, 2.45) is 4.40 Å². The Morgan fingerprint density at radius 1 is 1.07 bits per heavy atom. The number of ether oxygens (including phenoxy) is 1. The third kappa shape index (κ3) is 4.42. The molecule has 0 radical (unpaired) electrons. The summed E-state index contributed by atoms with van der Waals surface area (Å²) in [6.07, 6.45) is 1.16. The van der Waals surface area contributed by atoms with E-state index in [2.05, 4.69) is 4.40 Å². The first-order chi connectivity index (χ1) is 13.3. The van der Waals surface area contributed by atoms with Crippen molar-refractivity contribution in [1.29, 1.82) is 0 Å². The van der Waals surface area contributed by atoms with Crippen LogP contribution in [0.1, 0.15) is 18.1 Å². The van der Waals surface area contributed by atoms with Crippen LogP contribution in [0.5, 0.6) is 0 Å². The molecule has 146 valence electrons. The molecule has 1 aliphatic heterocycles. The van der Waals surface area contributed by atoms with Crippen LogP contribution >= 0.6 is 0 Å². The van der Waals surface area contributed by atoms with Crippen LogP contribution < -0.4 is 0 Å². The Hall–Kier alpha value is -3.07. The maximum absolute atomic E-state index is 13.2. The fourth-order valence-corrected chi connectivity index (χ4v) is 3.63. The van der Waals surface area contributed by atoms with Gasteiger partial charge in [-0.2, -0.15) is 8.42 Å². The van der Waals surface area contributed by atoms with Crippen LogP contribution in [-0.4, -0.2) is 24.4 Å². The molecule has 28 heavy (non-hydrogen) atoms. The van der Waals surface area contributed by atoms with Crippen LogP contribution in [0.2, 0.25) is 0 Å². The van der Waals surface area contributed by atoms with E-state index in [0.29, 0.717) is 5.56 Å². The lowest BCUT2D eigenvalue weighted by Gasteiger charge is -2.23. The number of carbonyl (C=O) groups excluding carboxylic acids is 1. The highest BCUT2D eigenvalue weighted by molar-refractivity contribution is 7.88. The second-order valence-electron chi connectivity index (χ2n) is 6.05. The maximum Gasteiger partial charge on any atom is 0.344 e. The SMILES string of the molecule is CC1=NS(=O)(=O)N(Cc2ccccc2)C=C1C(=O)OCc1ccc(F)c(F)c1. The molecule has 6 nitrogen and oxygen atoms in total. The maximum atomic E-state index is 13.2. The molecule has 0 bridgehead atoms. The van der Waals surface area contributed by atoms with Crippen LogP contribution in [0.4, 0.5) is 8.78 Å². The van der Waals surface area contributed by atoms with Gasteiger partial charge in [0.2, 0.25) is 0 Å². The molecule has 0 N–H and O–H groups in total. The van der Waals surface area contributed by atoms with E-state index in [4.69, 9.17) is 4.74 Å². The monoisotopic (exact) mass is 406 g/mol. The fourth-order valence-electron chi connectivity index (χ4n) is 2.53. The molecule has 0 fully saturated rings. The summed E-state index contributed by atoms with van der Waals surface area (Å²) in [6, 6.07) is 12.0. The molecule has 2 aromatic rings. The van der Waals surface area contributed by atoms with Crippen LogP contribution in [-0.2, 0) is 32.9 Å². The number of benzene rings is 2. The molecule has 0 unspecified atom stereocenters. The van der Waals surface area contributed by atoms with Gasteiger partial charge >= 0.3 is 16.2 Å². The zero-order chi connectivity index (χ0) is 20.3. The van der Waals surface area contributed by atoms with Crippen LogP contribution in [0.3, 0.4) is 0 Å². The van der Waals surface area contributed by atoms with Crippen molar-refractivity contribution in [1.82, 2.24) is 4.31 Å². The molecular formula is C19H16F2N2O4S. The number of hydrogen-bond acceptors (Lipinski definition) is 4. The summed E-state index contributed by atoms with van der Waals surface area (Å²) in [5, 5.41) is 0. The average Bonchev–Trinajstić information content (AvgIpc) is 2.65. The van der Waals surface area contributed by atoms with E-state index in [-0.39, 0.29) is 30.0 Å². The highest BCUT2D eigenvalue weighted by Gasteiger charge is 2.29. The molecule has 0 saturated heterocycles. The van der Waals surface area contributed by atoms with E-state index >= 15 is 0 Å². The summed E-state index contributed by atoms with van der Waals surface area (Å²) in [7, 11) is -3.97. The van der Waals surface area contributed by atoms with Gasteiger partial charge in [0.05, 0.1) is 17.8 Å². The largest absolute Gasteiger partial charge is 0.457 e. The Labute approximate surface area is 161 Å². The standard InChI is InChI=1S/C19H16F2N2O4S/c1-13-16(19(24)27-12-15-7-8-17(20)18(21)9-15)11-23(28(25,26)22-13)10-14-5-3-2-4-6-14/h2-9,11H,10,12H2,1H3. The summed E-state index contributed by atoms with van der Waals surface area (Å²) in [5.41, 5.74) is 0.923. The molecule has 0 spiro atoms. The molecule has 9 heteroatoms. The number of halogens is 2. The van der Waals surface area contributed by atoms with E-state index < -0.39 is 27.8 Å². The first kappa shape index (κ1) is 19.7. The van der Waals surface area contributed by atoms with E-state index in [9.17, 15) is 22.0 Å². The smallest absolute Gasteiger partial charge is 0.344 e. The lowest BCUT2D eigenvalue weighted by Crippen LogP contribution is -2.31. The molecule has 1 heterocycles. The molecule has 0 atom stereocenters. The molecule has 0 aromatic heterocycles. The molecule has 0 amide bonds. The van der Waals surface area contributed by atoms with Crippen molar-refractivity contribution in [2.45, 2.75) is 20.1 Å². The van der Waals surface area contributed by atoms with Crippen molar-refractivity contribution in [2.75, 3.05) is 0 Å². The summed E-state index contributed by atoms with van der Waals surface area (Å²) in [6.45, 7) is 1.08. The topological polar surface area (TPSA) is 76.0 Å². The number of nitrogens with zero attached hydrogens (tertiary/aromatic N) is 2. The van der Waals surface area contributed by atoms with Gasteiger partial charge in [0, 0.05) is 6.20 Å². The minimum atomic E-state index is -3.97. The van der Waals surface area contributed by atoms with Crippen molar-refractivity contribution in [3.63, 3.8) is 0 Å². The molecule has 2 aromatic carbocycles. The van der Waals surface area contributed by atoms with Gasteiger partial charge in [-0.3, -0.25) is 4.31 Å². The quantitative estimate of drug-likeness (QED) is 0.715. The number of rotatable bonds is 5. The van der Waals surface area contributed by atoms with Gasteiger partial charge < -0.3 is 4.74 Å². The lowest BCUT2D eigenvalue weighted by molar-refractivity contribution is -0.139. The van der Waals surface area contributed by atoms with E-state index in [1.54, 1.807) is 30.3 Å². The Morgan fingerprint density at radius 3 is 2.46 bits per heavy atom. The van der Waals surface area contributed by atoms with E-state index in [0.717, 1.165) is 22.6 Å². The second-order valence-corrected chi connectivity index (χ2v) is 7.60. The van der Waals surface area contributed by atoms with Gasteiger partial charge in [-0.25, -0.2) is 13.6 Å². The minimum Gasteiger partial charge on any atom is -0.457 e. The predicted molar refractivity (Wildman–Crippen MR) is 98.3 cm³/mol. The molecule has 1 aliphatic rings. The van der Waals surface area contributed by atoms with Gasteiger partial charge in [-0.1, -0.05) is 36.4 Å². The third-order valence-corrected chi connectivity index (χ3v) is 5.30. The fraction of sp³-hybridized carbons (Fsp3) is 0.158. The lowest BCUT2D eigenvalue weighted by atomic mass is 10.2. The number of esters is 1.